The van der Waals surface area contributed by atoms with Crippen LogP contribution in [0.1, 0.15) is 16.8 Å². The summed E-state index contributed by atoms with van der Waals surface area (Å²) in [7, 11) is 1.67. The minimum absolute atomic E-state index is 0.0361. The third kappa shape index (κ3) is 3.74. The van der Waals surface area contributed by atoms with Crippen LogP contribution in [0.4, 0.5) is 5.69 Å². The van der Waals surface area contributed by atoms with E-state index in [4.69, 9.17) is 10.2 Å². The van der Waals surface area contributed by atoms with Gasteiger partial charge in [0.1, 0.15) is 0 Å². The third-order valence-electron chi connectivity index (χ3n) is 2.26. The van der Waals surface area contributed by atoms with E-state index >= 15 is 0 Å². The van der Waals surface area contributed by atoms with E-state index in [-0.39, 0.29) is 18.5 Å². The van der Waals surface area contributed by atoms with Crippen molar-refractivity contribution in [1.82, 2.24) is 0 Å². The summed E-state index contributed by atoms with van der Waals surface area (Å²) in [5.74, 6) is -1.95. The maximum absolute atomic E-state index is 11.1. The lowest BCUT2D eigenvalue weighted by Gasteiger charge is -2.20. The molecule has 0 aliphatic carbocycles. The van der Waals surface area contributed by atoms with Gasteiger partial charge < -0.3 is 15.1 Å². The Balaban J connectivity index is 2.96. The van der Waals surface area contributed by atoms with Gasteiger partial charge in [-0.2, -0.15) is 0 Å². The monoisotopic (exact) mass is 301 g/mol. The van der Waals surface area contributed by atoms with Crippen molar-refractivity contribution < 1.29 is 19.8 Å². The number of carbonyl (C=O) groups is 2. The molecule has 2 N–H and O–H groups in total. The highest BCUT2D eigenvalue weighted by atomic mass is 79.9. The van der Waals surface area contributed by atoms with Gasteiger partial charge in [-0.05, 0) is 18.2 Å². The van der Waals surface area contributed by atoms with Crippen molar-refractivity contribution in [3.05, 3.63) is 28.2 Å². The van der Waals surface area contributed by atoms with E-state index in [0.717, 1.165) is 0 Å². The van der Waals surface area contributed by atoms with Crippen molar-refractivity contribution >= 4 is 33.6 Å². The number of aromatic carboxylic acids is 1. The van der Waals surface area contributed by atoms with Gasteiger partial charge in [-0.1, -0.05) is 15.9 Å². The Morgan fingerprint density at radius 1 is 1.35 bits per heavy atom. The second kappa shape index (κ2) is 5.67. The lowest BCUT2D eigenvalue weighted by atomic mass is 10.1. The fraction of sp³-hybridized carbons (Fsp3) is 0.273. The molecule has 1 rings (SSSR count). The maximum atomic E-state index is 11.1. The predicted octanol–water partition coefficient (Wildman–Crippen LogP) is 2.06. The lowest BCUT2D eigenvalue weighted by molar-refractivity contribution is -0.136. The van der Waals surface area contributed by atoms with Gasteiger partial charge in [-0.15, -0.1) is 0 Å². The number of hydrogen-bond acceptors (Lipinski definition) is 3. The molecule has 1 aromatic carbocycles. The highest BCUT2D eigenvalue weighted by Crippen LogP contribution is 2.24. The summed E-state index contributed by atoms with van der Waals surface area (Å²) in [6.45, 7) is 0.261. The largest absolute Gasteiger partial charge is 0.481 e. The van der Waals surface area contributed by atoms with Gasteiger partial charge in [-0.3, -0.25) is 4.79 Å². The topological polar surface area (TPSA) is 77.8 Å². The Hall–Kier alpha value is -1.56. The molecule has 0 fully saturated rings. The SMILES string of the molecule is CN(CCC(=O)O)c1ccc(Br)cc1C(=O)O. The normalized spacial score (nSPS) is 10.0. The number of anilines is 1. The molecule has 0 aliphatic rings. The quantitative estimate of drug-likeness (QED) is 0.870. The van der Waals surface area contributed by atoms with Gasteiger partial charge >= 0.3 is 11.9 Å². The second-order valence-electron chi connectivity index (χ2n) is 3.53. The number of rotatable bonds is 5. The van der Waals surface area contributed by atoms with Crippen molar-refractivity contribution in [2.45, 2.75) is 6.42 Å². The van der Waals surface area contributed by atoms with E-state index in [1.807, 2.05) is 0 Å². The van der Waals surface area contributed by atoms with Crippen LogP contribution in [-0.4, -0.2) is 35.7 Å². The molecule has 0 aromatic heterocycles. The molecule has 0 heterocycles. The van der Waals surface area contributed by atoms with Crippen molar-refractivity contribution in [2.75, 3.05) is 18.5 Å². The molecule has 0 aliphatic heterocycles. The molecule has 0 saturated carbocycles. The number of aliphatic carboxylic acids is 1. The number of carboxylic acids is 2. The van der Waals surface area contributed by atoms with Gasteiger partial charge in [0.2, 0.25) is 0 Å². The van der Waals surface area contributed by atoms with Crippen LogP contribution >= 0.6 is 15.9 Å². The zero-order valence-corrected chi connectivity index (χ0v) is 10.8. The first-order valence-corrected chi connectivity index (χ1v) is 5.67. The first-order chi connectivity index (χ1) is 7.91. The highest BCUT2D eigenvalue weighted by molar-refractivity contribution is 9.10. The van der Waals surface area contributed by atoms with Gasteiger partial charge in [0, 0.05) is 18.1 Å². The Bertz CT molecular complexity index is 447. The Kier molecular flexibility index (Phi) is 4.51. The number of carboxylic acid groups (broad SMARTS) is 2. The summed E-state index contributed by atoms with van der Waals surface area (Å²) in [6.07, 6.45) is -0.0361. The molecule has 1 aromatic rings. The molecular weight excluding hydrogens is 290 g/mol. The Morgan fingerprint density at radius 3 is 2.53 bits per heavy atom. The van der Waals surface area contributed by atoms with E-state index in [1.165, 1.54) is 6.07 Å². The van der Waals surface area contributed by atoms with Crippen LogP contribution in [0.15, 0.2) is 22.7 Å². The molecule has 0 saturated heterocycles. The van der Waals surface area contributed by atoms with Crippen LogP contribution in [0.3, 0.4) is 0 Å². The molecule has 0 unspecified atom stereocenters. The lowest BCUT2D eigenvalue weighted by Crippen LogP contribution is -2.23. The molecule has 6 heteroatoms. The maximum Gasteiger partial charge on any atom is 0.337 e. The minimum Gasteiger partial charge on any atom is -0.481 e. The summed E-state index contributed by atoms with van der Waals surface area (Å²) in [6, 6.07) is 4.86. The van der Waals surface area contributed by atoms with Gasteiger partial charge in [0.25, 0.3) is 0 Å². The molecule has 0 atom stereocenters. The summed E-state index contributed by atoms with van der Waals surface area (Å²) in [5, 5.41) is 17.6. The van der Waals surface area contributed by atoms with E-state index in [2.05, 4.69) is 15.9 Å². The first-order valence-electron chi connectivity index (χ1n) is 4.87. The molecule has 5 nitrogen and oxygen atoms in total. The average molecular weight is 302 g/mol. The average Bonchev–Trinajstić information content (AvgIpc) is 2.25. The van der Waals surface area contributed by atoms with Crippen LogP contribution in [0.2, 0.25) is 0 Å². The molecule has 0 amide bonds. The molecular formula is C11H12BrNO4. The van der Waals surface area contributed by atoms with Crippen LogP contribution in [0, 0.1) is 0 Å². The van der Waals surface area contributed by atoms with E-state index in [0.29, 0.717) is 10.2 Å². The second-order valence-corrected chi connectivity index (χ2v) is 4.45. The van der Waals surface area contributed by atoms with Gasteiger partial charge in [0.15, 0.2) is 0 Å². The molecule has 0 bridgehead atoms. The standard InChI is InChI=1S/C11H12BrNO4/c1-13(5-4-10(14)15)9-3-2-7(12)6-8(9)11(16)17/h2-3,6H,4-5H2,1H3,(H,14,15)(H,16,17). The smallest absolute Gasteiger partial charge is 0.337 e. The third-order valence-corrected chi connectivity index (χ3v) is 2.75. The Morgan fingerprint density at radius 2 is 2.00 bits per heavy atom. The Labute approximate surface area is 107 Å². The molecule has 17 heavy (non-hydrogen) atoms. The number of benzene rings is 1. The van der Waals surface area contributed by atoms with Crippen molar-refractivity contribution in [3.8, 4) is 0 Å². The summed E-state index contributed by atoms with van der Waals surface area (Å²) >= 11 is 3.20. The fourth-order valence-corrected chi connectivity index (χ4v) is 1.76. The van der Waals surface area contributed by atoms with Crippen molar-refractivity contribution in [2.24, 2.45) is 0 Å². The van der Waals surface area contributed by atoms with Crippen molar-refractivity contribution in [1.29, 1.82) is 0 Å². The van der Waals surface area contributed by atoms with E-state index in [9.17, 15) is 9.59 Å². The highest BCUT2D eigenvalue weighted by Gasteiger charge is 2.14. The van der Waals surface area contributed by atoms with Crippen LogP contribution in [0.5, 0.6) is 0 Å². The van der Waals surface area contributed by atoms with Crippen LogP contribution in [-0.2, 0) is 4.79 Å². The molecule has 0 spiro atoms. The van der Waals surface area contributed by atoms with Crippen LogP contribution in [0.25, 0.3) is 0 Å². The predicted molar refractivity (Wildman–Crippen MR) is 66.6 cm³/mol. The first kappa shape index (κ1) is 13.5. The summed E-state index contributed by atoms with van der Waals surface area (Å²) in [4.78, 5) is 23.1. The van der Waals surface area contributed by atoms with E-state index < -0.39 is 11.9 Å². The van der Waals surface area contributed by atoms with Gasteiger partial charge in [-0.25, -0.2) is 4.79 Å². The molecule has 92 valence electrons. The number of hydrogen-bond donors (Lipinski definition) is 2. The van der Waals surface area contributed by atoms with Gasteiger partial charge in [0.05, 0.1) is 17.7 Å². The fourth-order valence-electron chi connectivity index (χ4n) is 1.40. The summed E-state index contributed by atoms with van der Waals surface area (Å²) < 4.78 is 0.672. The van der Waals surface area contributed by atoms with Crippen LogP contribution < -0.4 is 4.90 Å². The minimum atomic E-state index is -1.04. The van der Waals surface area contributed by atoms with E-state index in [1.54, 1.807) is 24.1 Å². The summed E-state index contributed by atoms with van der Waals surface area (Å²) in [5.41, 5.74) is 0.647. The zero-order valence-electron chi connectivity index (χ0n) is 9.18. The molecule has 0 radical (unpaired) electrons. The van der Waals surface area contributed by atoms with Crippen molar-refractivity contribution in [3.63, 3.8) is 0 Å². The number of nitrogens with zero attached hydrogens (tertiary/aromatic N) is 1. The number of halogens is 1. The zero-order chi connectivity index (χ0) is 13.0.